The number of pyridine rings is 1. The number of rotatable bonds is 3. The Morgan fingerprint density at radius 1 is 1.62 bits per heavy atom. The van der Waals surface area contributed by atoms with Gasteiger partial charge >= 0.3 is 5.97 Å². The van der Waals surface area contributed by atoms with E-state index in [4.69, 9.17) is 5.11 Å². The van der Waals surface area contributed by atoms with Crippen LogP contribution in [0.1, 0.15) is 5.69 Å². The van der Waals surface area contributed by atoms with Crippen molar-refractivity contribution in [2.75, 3.05) is 19.6 Å². The molecule has 5 heteroatoms. The van der Waals surface area contributed by atoms with Gasteiger partial charge in [0.25, 0.3) is 0 Å². The first-order valence-corrected chi connectivity index (χ1v) is 5.34. The maximum Gasteiger partial charge on any atom is 0.322 e. The van der Waals surface area contributed by atoms with Gasteiger partial charge in [0.05, 0.1) is 5.69 Å². The Hall–Kier alpha value is -1.46. The second-order valence-electron chi connectivity index (χ2n) is 3.90. The molecule has 16 heavy (non-hydrogen) atoms. The van der Waals surface area contributed by atoms with Crippen molar-refractivity contribution in [1.82, 2.24) is 15.2 Å². The summed E-state index contributed by atoms with van der Waals surface area (Å²) in [5.41, 5.74) is 0.980. The molecule has 0 saturated carbocycles. The lowest BCUT2D eigenvalue weighted by molar-refractivity contribution is -0.140. The maximum absolute atomic E-state index is 10.8. The Morgan fingerprint density at radius 2 is 2.50 bits per heavy atom. The summed E-state index contributed by atoms with van der Waals surface area (Å²) >= 11 is 0. The van der Waals surface area contributed by atoms with Crippen LogP contribution in [0.4, 0.5) is 0 Å². The fourth-order valence-corrected chi connectivity index (χ4v) is 1.84. The second kappa shape index (κ2) is 5.05. The predicted molar refractivity (Wildman–Crippen MR) is 58.9 cm³/mol. The van der Waals surface area contributed by atoms with Gasteiger partial charge in [-0.05, 0) is 12.1 Å². The highest BCUT2D eigenvalue weighted by Crippen LogP contribution is 2.05. The summed E-state index contributed by atoms with van der Waals surface area (Å²) in [6.07, 6.45) is 1.76. The first-order chi connectivity index (χ1) is 7.75. The van der Waals surface area contributed by atoms with Crippen molar-refractivity contribution in [3.63, 3.8) is 0 Å². The third kappa shape index (κ3) is 2.77. The zero-order valence-corrected chi connectivity index (χ0v) is 8.97. The zero-order valence-electron chi connectivity index (χ0n) is 8.97. The third-order valence-corrected chi connectivity index (χ3v) is 2.67. The highest BCUT2D eigenvalue weighted by Gasteiger charge is 2.24. The number of nitrogens with one attached hydrogen (secondary N) is 1. The first-order valence-electron chi connectivity index (χ1n) is 5.34. The van der Waals surface area contributed by atoms with E-state index in [1.165, 1.54) is 0 Å². The zero-order chi connectivity index (χ0) is 11.4. The lowest BCUT2D eigenvalue weighted by atomic mass is 10.2. The molecule has 1 aromatic rings. The monoisotopic (exact) mass is 221 g/mol. The SMILES string of the molecule is O=C(O)[C@@H]1CN(Cc2ccccn2)CCN1. The maximum atomic E-state index is 10.8. The van der Waals surface area contributed by atoms with Crippen molar-refractivity contribution in [3.05, 3.63) is 30.1 Å². The van der Waals surface area contributed by atoms with E-state index in [0.717, 1.165) is 12.2 Å². The molecule has 1 atom stereocenters. The molecule has 0 aromatic carbocycles. The number of nitrogens with zero attached hydrogens (tertiary/aromatic N) is 2. The molecule has 2 N–H and O–H groups in total. The molecule has 1 aliphatic rings. The number of carbonyl (C=O) groups is 1. The van der Waals surface area contributed by atoms with Crippen LogP contribution in [-0.4, -0.2) is 46.6 Å². The summed E-state index contributed by atoms with van der Waals surface area (Å²) in [4.78, 5) is 17.2. The Kier molecular flexibility index (Phi) is 3.48. The van der Waals surface area contributed by atoms with Gasteiger partial charge in [0.2, 0.25) is 0 Å². The molecule has 0 spiro atoms. The lowest BCUT2D eigenvalue weighted by Crippen LogP contribution is -2.53. The summed E-state index contributed by atoms with van der Waals surface area (Å²) < 4.78 is 0. The second-order valence-corrected chi connectivity index (χ2v) is 3.90. The highest BCUT2D eigenvalue weighted by molar-refractivity contribution is 5.73. The summed E-state index contributed by atoms with van der Waals surface area (Å²) in [7, 11) is 0. The predicted octanol–water partition coefficient (Wildman–Crippen LogP) is -0.0600. The molecule has 86 valence electrons. The van der Waals surface area contributed by atoms with E-state index in [1.54, 1.807) is 6.20 Å². The van der Waals surface area contributed by atoms with Gasteiger partial charge in [-0.1, -0.05) is 6.07 Å². The van der Waals surface area contributed by atoms with Gasteiger partial charge in [-0.15, -0.1) is 0 Å². The van der Waals surface area contributed by atoms with Crippen molar-refractivity contribution in [2.45, 2.75) is 12.6 Å². The van der Waals surface area contributed by atoms with Gasteiger partial charge in [0.1, 0.15) is 6.04 Å². The molecule has 1 saturated heterocycles. The highest BCUT2D eigenvalue weighted by atomic mass is 16.4. The molecule has 5 nitrogen and oxygen atoms in total. The summed E-state index contributed by atoms with van der Waals surface area (Å²) in [6, 6.07) is 5.32. The number of aromatic nitrogens is 1. The Labute approximate surface area is 94.1 Å². The minimum atomic E-state index is -0.786. The smallest absolute Gasteiger partial charge is 0.322 e. The van der Waals surface area contributed by atoms with Crippen molar-refractivity contribution >= 4 is 5.97 Å². The van der Waals surface area contributed by atoms with Crippen LogP contribution in [0, 0.1) is 0 Å². The van der Waals surface area contributed by atoms with Gasteiger partial charge < -0.3 is 10.4 Å². The number of aliphatic carboxylic acids is 1. The van der Waals surface area contributed by atoms with Crippen LogP contribution >= 0.6 is 0 Å². The fraction of sp³-hybridized carbons (Fsp3) is 0.455. The van der Waals surface area contributed by atoms with Gasteiger partial charge in [-0.25, -0.2) is 0 Å². The van der Waals surface area contributed by atoms with Crippen LogP contribution in [0.5, 0.6) is 0 Å². The summed E-state index contributed by atoms with van der Waals surface area (Å²) in [5.74, 6) is -0.786. The molecule has 0 aliphatic carbocycles. The third-order valence-electron chi connectivity index (χ3n) is 2.67. The molecule has 0 amide bonds. The molecular formula is C11H15N3O2. The van der Waals surface area contributed by atoms with Crippen LogP contribution in [-0.2, 0) is 11.3 Å². The van der Waals surface area contributed by atoms with Gasteiger partial charge in [0, 0.05) is 32.4 Å². The van der Waals surface area contributed by atoms with Crippen molar-refractivity contribution in [1.29, 1.82) is 0 Å². The van der Waals surface area contributed by atoms with E-state index >= 15 is 0 Å². The van der Waals surface area contributed by atoms with E-state index < -0.39 is 12.0 Å². The molecule has 0 radical (unpaired) electrons. The molecule has 0 bridgehead atoms. The van der Waals surface area contributed by atoms with Crippen LogP contribution in [0.2, 0.25) is 0 Å². The van der Waals surface area contributed by atoms with Crippen molar-refractivity contribution in [3.8, 4) is 0 Å². The van der Waals surface area contributed by atoms with Crippen LogP contribution in [0.25, 0.3) is 0 Å². The number of hydrogen-bond donors (Lipinski definition) is 2. The summed E-state index contributed by atoms with van der Waals surface area (Å²) in [5, 5.41) is 11.9. The van der Waals surface area contributed by atoms with Crippen molar-refractivity contribution < 1.29 is 9.90 Å². The Morgan fingerprint density at radius 3 is 3.19 bits per heavy atom. The van der Waals surface area contributed by atoms with Crippen LogP contribution in [0.3, 0.4) is 0 Å². The Bertz CT molecular complexity index is 356. The number of carboxylic acids is 1. The van der Waals surface area contributed by atoms with Crippen LogP contribution in [0.15, 0.2) is 24.4 Å². The molecule has 1 fully saturated rings. The fourth-order valence-electron chi connectivity index (χ4n) is 1.84. The van der Waals surface area contributed by atoms with Crippen molar-refractivity contribution in [2.24, 2.45) is 0 Å². The number of hydrogen-bond acceptors (Lipinski definition) is 4. The number of piperazine rings is 1. The molecule has 2 heterocycles. The van der Waals surface area contributed by atoms with E-state index in [0.29, 0.717) is 19.6 Å². The average Bonchev–Trinajstić information content (AvgIpc) is 2.30. The molecule has 2 rings (SSSR count). The van der Waals surface area contributed by atoms with E-state index in [-0.39, 0.29) is 0 Å². The minimum Gasteiger partial charge on any atom is -0.480 e. The normalized spacial score (nSPS) is 21.9. The van der Waals surface area contributed by atoms with Gasteiger partial charge in [-0.3, -0.25) is 14.7 Å². The van der Waals surface area contributed by atoms with E-state index in [2.05, 4.69) is 15.2 Å². The summed E-state index contributed by atoms with van der Waals surface area (Å²) in [6.45, 7) is 2.82. The lowest BCUT2D eigenvalue weighted by Gasteiger charge is -2.31. The average molecular weight is 221 g/mol. The van der Waals surface area contributed by atoms with Gasteiger partial charge in [0.15, 0.2) is 0 Å². The van der Waals surface area contributed by atoms with E-state index in [9.17, 15) is 4.79 Å². The molecule has 0 unspecified atom stereocenters. The molecular weight excluding hydrogens is 206 g/mol. The van der Waals surface area contributed by atoms with Gasteiger partial charge in [-0.2, -0.15) is 0 Å². The molecule has 1 aliphatic heterocycles. The largest absolute Gasteiger partial charge is 0.480 e. The Balaban J connectivity index is 1.93. The minimum absolute atomic E-state index is 0.461. The topological polar surface area (TPSA) is 65.5 Å². The first kappa shape index (κ1) is 11.0. The number of carboxylic acid groups (broad SMARTS) is 1. The molecule has 1 aromatic heterocycles. The standard InChI is InChI=1S/C11H15N3O2/c15-11(16)10-8-14(6-5-13-10)7-9-3-1-2-4-12-9/h1-4,10,13H,5-8H2,(H,15,16)/t10-/m0/s1. The van der Waals surface area contributed by atoms with E-state index in [1.807, 2.05) is 18.2 Å². The van der Waals surface area contributed by atoms with Crippen LogP contribution < -0.4 is 5.32 Å². The quantitative estimate of drug-likeness (QED) is 0.748.